The van der Waals surface area contributed by atoms with Crippen molar-refractivity contribution in [2.24, 2.45) is 0 Å². The first kappa shape index (κ1) is 20.1. The largest absolute Gasteiger partial charge is 0.493 e. The molecule has 0 saturated carbocycles. The minimum atomic E-state index is 0.0870. The van der Waals surface area contributed by atoms with E-state index in [1.54, 1.807) is 0 Å². The average molecular weight is 420 g/mol. The molecule has 2 aromatic carbocycles. The maximum absolute atomic E-state index is 13.1. The van der Waals surface area contributed by atoms with E-state index in [-0.39, 0.29) is 11.8 Å². The van der Waals surface area contributed by atoms with Crippen molar-refractivity contribution in [2.45, 2.75) is 32.4 Å². The van der Waals surface area contributed by atoms with Crippen LogP contribution in [0.25, 0.3) is 0 Å². The number of carbonyl (C=O) groups is 2. The zero-order chi connectivity index (χ0) is 21.2. The van der Waals surface area contributed by atoms with E-state index >= 15 is 0 Å². The summed E-state index contributed by atoms with van der Waals surface area (Å²) in [6.07, 6.45) is 2.57. The molecule has 5 rings (SSSR count). The number of carbonyl (C=O) groups excluding carboxylic acids is 2. The summed E-state index contributed by atoms with van der Waals surface area (Å²) in [4.78, 5) is 31.2. The predicted octanol–water partition coefficient (Wildman–Crippen LogP) is 2.70. The normalized spacial score (nSPS) is 18.9. The second-order valence-electron chi connectivity index (χ2n) is 8.73. The van der Waals surface area contributed by atoms with Gasteiger partial charge in [0.2, 0.25) is 5.91 Å². The van der Waals surface area contributed by atoms with E-state index in [4.69, 9.17) is 4.74 Å². The van der Waals surface area contributed by atoms with Crippen LogP contribution in [0.4, 0.5) is 0 Å². The number of hydrogen-bond acceptors (Lipinski definition) is 4. The van der Waals surface area contributed by atoms with Gasteiger partial charge < -0.3 is 14.5 Å². The maximum Gasteiger partial charge on any atom is 0.253 e. The van der Waals surface area contributed by atoms with Crippen LogP contribution < -0.4 is 4.74 Å². The number of benzene rings is 2. The molecule has 31 heavy (non-hydrogen) atoms. The Kier molecular flexibility index (Phi) is 5.64. The minimum Gasteiger partial charge on any atom is -0.493 e. The van der Waals surface area contributed by atoms with Crippen molar-refractivity contribution in [3.05, 3.63) is 64.7 Å². The zero-order valence-electron chi connectivity index (χ0n) is 17.9. The number of hydrogen-bond donors (Lipinski definition) is 0. The second-order valence-corrected chi connectivity index (χ2v) is 8.73. The Morgan fingerprint density at radius 1 is 0.903 bits per heavy atom. The number of nitrogens with zero attached hydrogens (tertiary/aromatic N) is 3. The smallest absolute Gasteiger partial charge is 0.253 e. The van der Waals surface area contributed by atoms with Crippen molar-refractivity contribution in [1.82, 2.24) is 14.7 Å². The van der Waals surface area contributed by atoms with Gasteiger partial charge in [0.15, 0.2) is 0 Å². The summed E-state index contributed by atoms with van der Waals surface area (Å²) in [5.74, 6) is 1.32. The number of likely N-dealkylation sites (tertiary alicyclic amines) is 1. The molecule has 2 amide bonds. The van der Waals surface area contributed by atoms with Gasteiger partial charge in [0, 0.05) is 64.2 Å². The molecule has 0 aliphatic carbocycles. The van der Waals surface area contributed by atoms with Gasteiger partial charge in [0.1, 0.15) is 5.75 Å². The minimum absolute atomic E-state index is 0.0870. The van der Waals surface area contributed by atoms with Crippen LogP contribution in [0.2, 0.25) is 0 Å². The molecule has 3 aliphatic rings. The molecule has 0 N–H and O–H groups in total. The van der Waals surface area contributed by atoms with Crippen molar-refractivity contribution < 1.29 is 14.3 Å². The Morgan fingerprint density at radius 3 is 2.55 bits per heavy atom. The molecule has 0 unspecified atom stereocenters. The van der Waals surface area contributed by atoms with E-state index in [9.17, 15) is 9.59 Å². The average Bonchev–Trinajstić information content (AvgIpc) is 3.42. The summed E-state index contributed by atoms with van der Waals surface area (Å²) < 4.78 is 5.60. The number of amides is 2. The van der Waals surface area contributed by atoms with Crippen LogP contribution in [0, 0.1) is 0 Å². The lowest BCUT2D eigenvalue weighted by Crippen LogP contribution is -2.48. The van der Waals surface area contributed by atoms with Gasteiger partial charge in [0.05, 0.1) is 6.61 Å². The molecule has 0 spiro atoms. The second kappa shape index (κ2) is 8.71. The molecule has 2 aromatic rings. The van der Waals surface area contributed by atoms with Crippen LogP contribution in [-0.2, 0) is 24.3 Å². The first-order valence-electron chi connectivity index (χ1n) is 11.3. The third kappa shape index (κ3) is 4.44. The summed E-state index contributed by atoms with van der Waals surface area (Å²) in [7, 11) is 0. The fourth-order valence-corrected chi connectivity index (χ4v) is 4.78. The summed E-state index contributed by atoms with van der Waals surface area (Å²) in [6, 6.07) is 14.3. The first-order valence-corrected chi connectivity index (χ1v) is 11.3. The highest BCUT2D eigenvalue weighted by Crippen LogP contribution is 2.26. The van der Waals surface area contributed by atoms with Crippen molar-refractivity contribution in [3.63, 3.8) is 0 Å². The monoisotopic (exact) mass is 419 g/mol. The topological polar surface area (TPSA) is 53.1 Å². The number of ether oxygens (including phenoxy) is 1. The van der Waals surface area contributed by atoms with Gasteiger partial charge in [-0.15, -0.1) is 0 Å². The molecular weight excluding hydrogens is 390 g/mol. The van der Waals surface area contributed by atoms with Crippen molar-refractivity contribution in [3.8, 4) is 5.75 Å². The molecular formula is C25H29N3O3. The Bertz CT molecular complexity index is 982. The lowest BCUT2D eigenvalue weighted by atomic mass is 10.1. The summed E-state index contributed by atoms with van der Waals surface area (Å²) >= 11 is 0. The number of rotatable bonds is 5. The third-order valence-corrected chi connectivity index (χ3v) is 6.54. The van der Waals surface area contributed by atoms with Crippen LogP contribution in [0.1, 0.15) is 39.9 Å². The molecule has 2 saturated heterocycles. The van der Waals surface area contributed by atoms with Crippen molar-refractivity contribution in [1.29, 1.82) is 0 Å². The highest BCUT2D eigenvalue weighted by Gasteiger charge is 2.24. The van der Waals surface area contributed by atoms with Gasteiger partial charge in [-0.2, -0.15) is 0 Å². The lowest BCUT2D eigenvalue weighted by molar-refractivity contribution is -0.128. The molecule has 0 atom stereocenters. The quantitative estimate of drug-likeness (QED) is 0.748. The lowest BCUT2D eigenvalue weighted by Gasteiger charge is -2.35. The van der Waals surface area contributed by atoms with Crippen LogP contribution in [0.3, 0.4) is 0 Å². The van der Waals surface area contributed by atoms with Gasteiger partial charge >= 0.3 is 0 Å². The molecule has 3 heterocycles. The highest BCUT2D eigenvalue weighted by molar-refractivity contribution is 5.94. The van der Waals surface area contributed by atoms with Crippen LogP contribution >= 0.6 is 0 Å². The van der Waals surface area contributed by atoms with E-state index in [1.165, 1.54) is 11.1 Å². The van der Waals surface area contributed by atoms with Gasteiger partial charge in [-0.3, -0.25) is 14.5 Å². The predicted molar refractivity (Wildman–Crippen MR) is 118 cm³/mol. The van der Waals surface area contributed by atoms with Crippen LogP contribution in [0.5, 0.6) is 5.75 Å². The van der Waals surface area contributed by atoms with Gasteiger partial charge in [-0.05, 0) is 41.3 Å². The standard InChI is InChI=1S/C25H29N3O3/c29-24-5-2-9-28(24)18-19-3-1-4-22(16-19)25(30)27-12-10-26(11-13-27)17-20-6-7-23-21(15-20)8-14-31-23/h1,3-4,6-7,15-16H,2,5,8-14,17-18H2. The Labute approximate surface area is 183 Å². The Morgan fingerprint density at radius 2 is 1.74 bits per heavy atom. The van der Waals surface area contributed by atoms with Crippen molar-refractivity contribution in [2.75, 3.05) is 39.3 Å². The van der Waals surface area contributed by atoms with Crippen LogP contribution in [0.15, 0.2) is 42.5 Å². The molecule has 3 aliphatic heterocycles. The third-order valence-electron chi connectivity index (χ3n) is 6.54. The highest BCUT2D eigenvalue weighted by atomic mass is 16.5. The molecule has 6 heteroatoms. The molecule has 0 aromatic heterocycles. The number of piperazine rings is 1. The Balaban J connectivity index is 1.16. The fourth-order valence-electron chi connectivity index (χ4n) is 4.78. The van der Waals surface area contributed by atoms with E-state index in [0.29, 0.717) is 13.0 Å². The summed E-state index contributed by atoms with van der Waals surface area (Å²) in [6.45, 7) is 6.34. The summed E-state index contributed by atoms with van der Waals surface area (Å²) in [5.41, 5.74) is 4.37. The summed E-state index contributed by atoms with van der Waals surface area (Å²) in [5, 5.41) is 0. The van der Waals surface area contributed by atoms with E-state index < -0.39 is 0 Å². The maximum atomic E-state index is 13.1. The van der Waals surface area contributed by atoms with E-state index in [0.717, 1.165) is 75.6 Å². The Hall–Kier alpha value is -2.86. The van der Waals surface area contributed by atoms with Gasteiger partial charge in [-0.25, -0.2) is 0 Å². The fraction of sp³-hybridized carbons (Fsp3) is 0.440. The van der Waals surface area contributed by atoms with Crippen molar-refractivity contribution >= 4 is 11.8 Å². The van der Waals surface area contributed by atoms with E-state index in [2.05, 4.69) is 23.1 Å². The SMILES string of the molecule is O=C1CCCN1Cc1cccc(C(=O)N2CCN(Cc3ccc4c(c3)CCO4)CC2)c1. The molecule has 2 fully saturated rings. The first-order chi connectivity index (χ1) is 15.2. The van der Waals surface area contributed by atoms with Gasteiger partial charge in [0.25, 0.3) is 5.91 Å². The molecule has 0 bridgehead atoms. The van der Waals surface area contributed by atoms with E-state index in [1.807, 2.05) is 34.1 Å². The molecule has 6 nitrogen and oxygen atoms in total. The zero-order valence-corrected chi connectivity index (χ0v) is 17.9. The van der Waals surface area contributed by atoms with Crippen LogP contribution in [-0.4, -0.2) is 65.8 Å². The number of fused-ring (bicyclic) bond motifs is 1. The molecule has 162 valence electrons. The molecule has 0 radical (unpaired) electrons. The van der Waals surface area contributed by atoms with Gasteiger partial charge in [-0.1, -0.05) is 24.3 Å².